The Balaban J connectivity index is 1.44. The second kappa shape index (κ2) is 6.80. The van der Waals surface area contributed by atoms with E-state index in [-0.39, 0.29) is 36.1 Å². The molecule has 0 unspecified atom stereocenters. The summed E-state index contributed by atoms with van der Waals surface area (Å²) in [7, 11) is 1.30. The Bertz CT molecular complexity index is 1460. The summed E-state index contributed by atoms with van der Waals surface area (Å²) in [6, 6.07) is 7.21. The van der Waals surface area contributed by atoms with E-state index in [1.807, 2.05) is 0 Å². The molecule has 3 aromatic rings. The standard InChI is InChI=1S/C23H17FN4O6/c1-33-14-5-3-11-8-28(20(30)17(11)18(14)24)9-23(21(31)26-22(32)27-23)15-6-12-13(34-15)4-2-10-7-25-19(29)16(10)12/h2-6H,7-9H2,1H3,(H,25,29)(H2,26,27,31,32)/t23-/m0/s1. The van der Waals surface area contributed by atoms with E-state index < -0.39 is 29.2 Å². The number of carbonyl (C=O) groups is 4. The van der Waals surface area contributed by atoms with Crippen molar-refractivity contribution in [3.63, 3.8) is 0 Å². The largest absolute Gasteiger partial charge is 0.494 e. The van der Waals surface area contributed by atoms with Gasteiger partial charge in [0.2, 0.25) is 0 Å². The van der Waals surface area contributed by atoms with Crippen LogP contribution in [0.3, 0.4) is 0 Å². The minimum Gasteiger partial charge on any atom is -0.494 e. The molecule has 10 nitrogen and oxygen atoms in total. The second-order valence-electron chi connectivity index (χ2n) is 8.40. The van der Waals surface area contributed by atoms with Gasteiger partial charge in [0.25, 0.3) is 17.7 Å². The summed E-state index contributed by atoms with van der Waals surface area (Å²) in [6.07, 6.45) is 0. The highest BCUT2D eigenvalue weighted by molar-refractivity contribution is 6.11. The molecule has 0 spiro atoms. The predicted octanol–water partition coefficient (Wildman–Crippen LogP) is 1.51. The van der Waals surface area contributed by atoms with Gasteiger partial charge in [0.15, 0.2) is 17.1 Å². The van der Waals surface area contributed by atoms with Crippen molar-refractivity contribution in [3.05, 3.63) is 64.2 Å². The lowest BCUT2D eigenvalue weighted by Gasteiger charge is -2.29. The Morgan fingerprint density at radius 1 is 1.12 bits per heavy atom. The van der Waals surface area contributed by atoms with E-state index in [4.69, 9.17) is 9.15 Å². The quantitative estimate of drug-likeness (QED) is 0.502. The molecule has 0 saturated carbocycles. The average Bonchev–Trinajstić information content (AvgIpc) is 3.54. The minimum atomic E-state index is -1.77. The molecule has 1 atom stereocenters. The van der Waals surface area contributed by atoms with Crippen LogP contribution in [0, 0.1) is 5.82 Å². The van der Waals surface area contributed by atoms with Gasteiger partial charge in [-0.25, -0.2) is 9.18 Å². The van der Waals surface area contributed by atoms with Crippen LogP contribution in [-0.4, -0.2) is 42.3 Å². The SMILES string of the molecule is COc1ccc2c(c1F)C(=O)N(C[C@@]1(c3cc4c5c(ccc4o3)CNC5=O)NC(=O)NC1=O)C2. The molecule has 4 heterocycles. The van der Waals surface area contributed by atoms with Gasteiger partial charge in [0, 0.05) is 18.5 Å². The maximum Gasteiger partial charge on any atom is 0.322 e. The molecule has 6 rings (SSSR count). The number of rotatable bonds is 4. The normalized spacial score (nSPS) is 20.9. The maximum atomic E-state index is 14.8. The van der Waals surface area contributed by atoms with E-state index in [9.17, 15) is 23.6 Å². The van der Waals surface area contributed by atoms with Crippen LogP contribution in [0.1, 0.15) is 37.6 Å². The molecule has 1 aromatic heterocycles. The number of benzene rings is 2. The summed E-state index contributed by atoms with van der Waals surface area (Å²) < 4.78 is 25.7. The first-order chi connectivity index (χ1) is 16.3. The Hall–Kier alpha value is -4.41. The van der Waals surface area contributed by atoms with Crippen LogP contribution in [0.25, 0.3) is 11.0 Å². The molecular weight excluding hydrogens is 447 g/mol. The van der Waals surface area contributed by atoms with E-state index in [2.05, 4.69) is 16.0 Å². The summed E-state index contributed by atoms with van der Waals surface area (Å²) in [6.45, 7) is 0.0919. The van der Waals surface area contributed by atoms with Crippen molar-refractivity contribution in [1.29, 1.82) is 0 Å². The van der Waals surface area contributed by atoms with E-state index in [1.165, 1.54) is 24.1 Å². The van der Waals surface area contributed by atoms with Crippen LogP contribution in [0.2, 0.25) is 0 Å². The Labute approximate surface area is 191 Å². The molecular formula is C23H17FN4O6. The first-order valence-corrected chi connectivity index (χ1v) is 10.4. The molecule has 11 heteroatoms. The number of nitrogens with one attached hydrogen (secondary N) is 3. The lowest BCUT2D eigenvalue weighted by Crippen LogP contribution is -2.52. The zero-order chi connectivity index (χ0) is 23.8. The van der Waals surface area contributed by atoms with Crippen molar-refractivity contribution in [3.8, 4) is 5.75 Å². The molecule has 0 radical (unpaired) electrons. The van der Waals surface area contributed by atoms with Gasteiger partial charge in [-0.3, -0.25) is 19.7 Å². The smallest absolute Gasteiger partial charge is 0.322 e. The summed E-state index contributed by atoms with van der Waals surface area (Å²) >= 11 is 0. The molecule has 172 valence electrons. The molecule has 5 amide bonds. The van der Waals surface area contributed by atoms with Crippen LogP contribution in [0.5, 0.6) is 5.75 Å². The highest BCUT2D eigenvalue weighted by Gasteiger charge is 2.53. The zero-order valence-electron chi connectivity index (χ0n) is 17.8. The first-order valence-electron chi connectivity index (χ1n) is 10.4. The summed E-state index contributed by atoms with van der Waals surface area (Å²) in [5, 5.41) is 8.00. The number of hydrogen-bond acceptors (Lipinski definition) is 6. The summed E-state index contributed by atoms with van der Waals surface area (Å²) in [5.74, 6) is -2.43. The summed E-state index contributed by atoms with van der Waals surface area (Å²) in [5.41, 5.74) is 0.0993. The highest BCUT2D eigenvalue weighted by Crippen LogP contribution is 2.37. The van der Waals surface area contributed by atoms with Gasteiger partial charge >= 0.3 is 6.03 Å². The van der Waals surface area contributed by atoms with Gasteiger partial charge in [0.05, 0.1) is 24.8 Å². The number of methoxy groups -OCH3 is 1. The van der Waals surface area contributed by atoms with Crippen LogP contribution < -0.4 is 20.7 Å². The van der Waals surface area contributed by atoms with Crippen molar-refractivity contribution in [2.75, 3.05) is 13.7 Å². The number of carbonyl (C=O) groups excluding carboxylic acids is 4. The third-order valence-corrected chi connectivity index (χ3v) is 6.52. The van der Waals surface area contributed by atoms with Crippen molar-refractivity contribution < 1.29 is 32.7 Å². The highest BCUT2D eigenvalue weighted by atomic mass is 19.1. The number of hydrogen-bond donors (Lipinski definition) is 3. The lowest BCUT2D eigenvalue weighted by atomic mass is 9.94. The maximum absolute atomic E-state index is 14.8. The van der Waals surface area contributed by atoms with Crippen molar-refractivity contribution >= 4 is 34.7 Å². The van der Waals surface area contributed by atoms with E-state index in [0.29, 0.717) is 28.6 Å². The fraction of sp³-hybridized carbons (Fsp3) is 0.217. The van der Waals surface area contributed by atoms with Gasteiger partial charge in [-0.2, -0.15) is 0 Å². The van der Waals surface area contributed by atoms with Gasteiger partial charge in [0.1, 0.15) is 11.3 Å². The molecule has 0 aliphatic carbocycles. The van der Waals surface area contributed by atoms with Crippen LogP contribution in [0.15, 0.2) is 34.7 Å². The number of ether oxygens (including phenoxy) is 1. The number of fused-ring (bicyclic) bond motifs is 4. The molecule has 1 fully saturated rings. The van der Waals surface area contributed by atoms with Gasteiger partial charge in [-0.05, 0) is 29.3 Å². The molecule has 2 aromatic carbocycles. The van der Waals surface area contributed by atoms with Crippen LogP contribution in [0.4, 0.5) is 9.18 Å². The number of furan rings is 1. The van der Waals surface area contributed by atoms with E-state index in [0.717, 1.165) is 5.56 Å². The molecule has 0 bridgehead atoms. The summed E-state index contributed by atoms with van der Waals surface area (Å²) in [4.78, 5) is 51.9. The molecule has 34 heavy (non-hydrogen) atoms. The van der Waals surface area contributed by atoms with Crippen molar-refractivity contribution in [2.45, 2.75) is 18.6 Å². The van der Waals surface area contributed by atoms with Crippen LogP contribution >= 0.6 is 0 Å². The first kappa shape index (κ1) is 20.2. The van der Waals surface area contributed by atoms with Gasteiger partial charge in [-0.1, -0.05) is 12.1 Å². The number of nitrogens with zero attached hydrogens (tertiary/aromatic N) is 1. The monoisotopic (exact) mass is 464 g/mol. The van der Waals surface area contributed by atoms with Crippen molar-refractivity contribution in [2.24, 2.45) is 0 Å². The molecule has 1 saturated heterocycles. The van der Waals surface area contributed by atoms with Crippen molar-refractivity contribution in [1.82, 2.24) is 20.9 Å². The third kappa shape index (κ3) is 2.60. The Morgan fingerprint density at radius 3 is 2.65 bits per heavy atom. The average molecular weight is 464 g/mol. The fourth-order valence-corrected chi connectivity index (χ4v) is 4.87. The Kier molecular flexibility index (Phi) is 4.04. The minimum absolute atomic E-state index is 0.0258. The van der Waals surface area contributed by atoms with Gasteiger partial charge < -0.3 is 24.7 Å². The number of urea groups is 1. The van der Waals surface area contributed by atoms with E-state index in [1.54, 1.807) is 18.2 Å². The zero-order valence-corrected chi connectivity index (χ0v) is 17.8. The third-order valence-electron chi connectivity index (χ3n) is 6.52. The second-order valence-corrected chi connectivity index (χ2v) is 8.40. The topological polar surface area (TPSA) is 130 Å². The number of halogens is 1. The number of imide groups is 1. The van der Waals surface area contributed by atoms with Gasteiger partial charge in [-0.15, -0.1) is 0 Å². The number of amides is 5. The lowest BCUT2D eigenvalue weighted by molar-refractivity contribution is -0.125. The molecule has 3 aliphatic heterocycles. The van der Waals surface area contributed by atoms with E-state index >= 15 is 0 Å². The molecule has 3 aliphatic rings. The predicted molar refractivity (Wildman–Crippen MR) is 113 cm³/mol. The Morgan fingerprint density at radius 2 is 1.91 bits per heavy atom. The molecule has 3 N–H and O–H groups in total. The fourth-order valence-electron chi connectivity index (χ4n) is 4.87. The van der Waals surface area contributed by atoms with Crippen LogP contribution in [-0.2, 0) is 23.4 Å².